The predicted molar refractivity (Wildman–Crippen MR) is 140 cm³/mol. The van der Waals surface area contributed by atoms with Crippen LogP contribution in [-0.2, 0) is 9.59 Å². The summed E-state index contributed by atoms with van der Waals surface area (Å²) in [7, 11) is 0. The van der Waals surface area contributed by atoms with Gasteiger partial charge in [0.1, 0.15) is 5.82 Å². The highest BCUT2D eigenvalue weighted by Crippen LogP contribution is 2.56. The Balaban J connectivity index is 1.18. The second-order valence-electron chi connectivity index (χ2n) is 11.0. The molecule has 1 aromatic carbocycles. The van der Waals surface area contributed by atoms with E-state index in [1.165, 1.54) is 4.90 Å². The highest BCUT2D eigenvalue weighted by Gasteiger charge is 2.63. The number of carbonyl (C=O) groups excluding carboxylic acids is 2. The van der Waals surface area contributed by atoms with Gasteiger partial charge in [-0.3, -0.25) is 19.4 Å². The maximum absolute atomic E-state index is 13.5. The average Bonchev–Trinajstić information content (AvgIpc) is 3.70. The second-order valence-corrected chi connectivity index (χ2v) is 11.8. The van der Waals surface area contributed by atoms with Gasteiger partial charge in [0.05, 0.1) is 28.1 Å². The maximum atomic E-state index is 13.5. The molecular weight excluding hydrogens is 472 g/mol. The number of fused-ring (bicyclic) bond motifs is 6. The van der Waals surface area contributed by atoms with E-state index in [0.717, 1.165) is 24.4 Å². The van der Waals surface area contributed by atoms with Crippen LogP contribution in [0.5, 0.6) is 0 Å². The van der Waals surface area contributed by atoms with Crippen LogP contribution in [0.1, 0.15) is 49.5 Å². The summed E-state index contributed by atoms with van der Waals surface area (Å²) in [6.45, 7) is -12.2. The third kappa shape index (κ3) is 3.71. The van der Waals surface area contributed by atoms with E-state index in [4.69, 9.17) is 11.0 Å². The molecule has 7 nitrogen and oxygen atoms in total. The van der Waals surface area contributed by atoms with Crippen molar-refractivity contribution in [3.63, 3.8) is 0 Å². The molecule has 2 aliphatic heterocycles. The van der Waals surface area contributed by atoms with E-state index in [-0.39, 0.29) is 48.5 Å². The third-order valence-corrected chi connectivity index (χ3v) is 9.95. The molecule has 1 N–H and O–H groups in total. The molecule has 2 amide bonds. The Labute approximate surface area is 227 Å². The monoisotopic (exact) mass is 516 g/mol. The quantitative estimate of drug-likeness (QED) is 0.615. The van der Waals surface area contributed by atoms with Gasteiger partial charge in [-0.05, 0) is 73.0 Å². The summed E-state index contributed by atoms with van der Waals surface area (Å²) in [5.74, 6) is -2.44. The van der Waals surface area contributed by atoms with E-state index >= 15 is 0 Å². The largest absolute Gasteiger partial charge is 0.393 e. The van der Waals surface area contributed by atoms with Crippen molar-refractivity contribution in [3.8, 4) is 0 Å². The minimum atomic E-state index is -3.03. The number of aliphatic hydroxyl groups excluding tert-OH is 1. The summed E-state index contributed by atoms with van der Waals surface area (Å²) in [4.78, 5) is 29.5. The van der Waals surface area contributed by atoms with Gasteiger partial charge in [0.2, 0.25) is 11.8 Å². The Morgan fingerprint density at radius 1 is 0.972 bits per heavy atom. The van der Waals surface area contributed by atoms with Crippen molar-refractivity contribution in [2.45, 2.75) is 44.6 Å². The van der Waals surface area contributed by atoms with Crippen LogP contribution in [-0.4, -0.2) is 76.3 Å². The van der Waals surface area contributed by atoms with E-state index < -0.39 is 49.8 Å². The molecule has 36 heavy (non-hydrogen) atoms. The van der Waals surface area contributed by atoms with E-state index in [2.05, 4.69) is 4.37 Å². The maximum Gasteiger partial charge on any atom is 0.233 e. The Bertz CT molecular complexity index is 1480. The molecule has 5 aliphatic rings. The molecule has 5 fully saturated rings. The van der Waals surface area contributed by atoms with Gasteiger partial charge >= 0.3 is 0 Å². The van der Waals surface area contributed by atoms with Crippen LogP contribution in [0.4, 0.5) is 5.82 Å². The highest BCUT2D eigenvalue weighted by atomic mass is 32.1. The Kier molecular flexibility index (Phi) is 4.04. The predicted octanol–water partition coefficient (Wildman–Crippen LogP) is 3.23. The van der Waals surface area contributed by atoms with E-state index in [0.29, 0.717) is 45.6 Å². The molecule has 1 aromatic heterocycles. The zero-order valence-electron chi connectivity index (χ0n) is 28.0. The number of piperazine rings is 1. The normalized spacial score (nSPS) is 45.8. The van der Waals surface area contributed by atoms with Crippen LogP contribution in [0.25, 0.3) is 10.1 Å². The first-order chi connectivity index (χ1) is 20.6. The van der Waals surface area contributed by atoms with E-state index in [1.807, 2.05) is 0 Å². The third-order valence-electron chi connectivity index (χ3n) is 9.14. The standard InChI is InChI=1S/C28H36N4O3S/c33-22-14-19-13-21(22)25-24(19)27(34)32(28(25)35)16-18-6-2-1-5-17(18)15-30-9-11-31(12-10-30)26-20-7-3-4-8-23(20)36-29-26/h3-4,7-8,17-19,21-22,24-25,33H,1-2,5-6,9-16H2/t17-,18-,19+,21-,22+,24+,25-/m0/s1/i9D2,10D2,11D2,12D2. The molecule has 3 heterocycles. The molecule has 2 saturated heterocycles. The number of likely N-dealkylation sites (tertiary alicyclic amines) is 1. The molecule has 0 spiro atoms. The smallest absolute Gasteiger partial charge is 0.233 e. The van der Waals surface area contributed by atoms with Gasteiger partial charge in [-0.25, -0.2) is 0 Å². The van der Waals surface area contributed by atoms with Crippen LogP contribution < -0.4 is 4.90 Å². The van der Waals surface area contributed by atoms with Crippen molar-refractivity contribution < 1.29 is 25.7 Å². The first-order valence-corrected chi connectivity index (χ1v) is 13.8. The number of hydrogen-bond donors (Lipinski definition) is 1. The van der Waals surface area contributed by atoms with Crippen molar-refractivity contribution in [3.05, 3.63) is 24.3 Å². The van der Waals surface area contributed by atoms with Crippen LogP contribution >= 0.6 is 11.5 Å². The second kappa shape index (κ2) is 9.07. The number of aromatic nitrogens is 1. The SMILES string of the molecule is [2H]C1([2H])N(C[C@@H]2CCCC[C@H]2CN2C(=O)[C@@H]3[C@@H]4C[C@H]([C@@H]3C2=O)[C@H](O)C4)C([2H])([2H])C([2H])([2H])N(c2nsc3ccccc23)C1([2H])[2H]. The first kappa shape index (κ1) is 16.0. The molecule has 2 aromatic rings. The van der Waals surface area contributed by atoms with Crippen LogP contribution in [0.3, 0.4) is 0 Å². The van der Waals surface area contributed by atoms with Crippen LogP contribution in [0.15, 0.2) is 24.3 Å². The van der Waals surface area contributed by atoms with Crippen molar-refractivity contribution in [2.75, 3.05) is 44.0 Å². The van der Waals surface area contributed by atoms with Crippen molar-refractivity contribution >= 4 is 39.3 Å². The summed E-state index contributed by atoms with van der Waals surface area (Å²) in [5.41, 5.74) is 0. The van der Waals surface area contributed by atoms with E-state index in [1.54, 1.807) is 24.3 Å². The van der Waals surface area contributed by atoms with Gasteiger partial charge in [0.25, 0.3) is 0 Å². The molecule has 7 rings (SSSR count). The molecule has 3 aliphatic carbocycles. The fourth-order valence-electron chi connectivity index (χ4n) is 7.41. The molecule has 0 unspecified atom stereocenters. The van der Waals surface area contributed by atoms with E-state index in [9.17, 15) is 14.7 Å². The number of nitrogens with zero attached hydrogens (tertiary/aromatic N) is 4. The fourth-order valence-corrected chi connectivity index (χ4v) is 8.17. The topological polar surface area (TPSA) is 77.0 Å². The van der Waals surface area contributed by atoms with Gasteiger partial charge < -0.3 is 10.0 Å². The molecule has 192 valence electrons. The number of amides is 2. The molecular formula is C28H36N4O3S. The lowest BCUT2D eigenvalue weighted by molar-refractivity contribution is -0.142. The molecule has 2 bridgehead atoms. The first-order valence-electron chi connectivity index (χ1n) is 17.1. The minimum Gasteiger partial charge on any atom is -0.393 e. The lowest BCUT2D eigenvalue weighted by atomic mass is 9.78. The number of hydrogen-bond acceptors (Lipinski definition) is 7. The molecule has 8 heteroatoms. The van der Waals surface area contributed by atoms with Crippen LogP contribution in [0, 0.1) is 35.5 Å². The summed E-state index contributed by atoms with van der Waals surface area (Å²) in [6, 6.07) is 6.81. The van der Waals surface area contributed by atoms with Crippen LogP contribution in [0.2, 0.25) is 0 Å². The van der Waals surface area contributed by atoms with Gasteiger partial charge in [-0.2, -0.15) is 4.37 Å². The number of aliphatic hydroxyl groups is 1. The lowest BCUT2D eigenvalue weighted by Gasteiger charge is -2.40. The van der Waals surface area contributed by atoms with Gasteiger partial charge in [0.15, 0.2) is 0 Å². The Hall–Kier alpha value is -2.03. The molecule has 0 radical (unpaired) electrons. The molecule has 3 saturated carbocycles. The fraction of sp³-hybridized carbons (Fsp3) is 0.679. The van der Waals surface area contributed by atoms with Crippen molar-refractivity contribution in [1.82, 2.24) is 14.2 Å². The highest BCUT2D eigenvalue weighted by molar-refractivity contribution is 7.13. The van der Waals surface area contributed by atoms with Gasteiger partial charge in [-0.1, -0.05) is 25.0 Å². The summed E-state index contributed by atoms with van der Waals surface area (Å²) in [6.07, 6.45) is 3.40. The number of imide groups is 1. The summed E-state index contributed by atoms with van der Waals surface area (Å²) >= 11 is 1.01. The van der Waals surface area contributed by atoms with Gasteiger partial charge in [-0.15, -0.1) is 0 Å². The van der Waals surface area contributed by atoms with Crippen molar-refractivity contribution in [2.24, 2.45) is 35.5 Å². The Morgan fingerprint density at radius 2 is 1.69 bits per heavy atom. The zero-order chi connectivity index (χ0) is 31.6. The van der Waals surface area contributed by atoms with Crippen molar-refractivity contribution in [1.29, 1.82) is 0 Å². The number of benzene rings is 1. The van der Waals surface area contributed by atoms with Gasteiger partial charge in [0, 0.05) is 49.9 Å². The number of anilines is 1. The lowest BCUT2D eigenvalue weighted by Crippen LogP contribution is -2.49. The minimum absolute atomic E-state index is 0.00121. The average molecular weight is 517 g/mol. The summed E-state index contributed by atoms with van der Waals surface area (Å²) < 4.78 is 76.7. The number of carbonyl (C=O) groups is 2. The summed E-state index contributed by atoms with van der Waals surface area (Å²) in [5, 5.41) is 10.8. The zero-order valence-corrected chi connectivity index (χ0v) is 20.8. The Morgan fingerprint density at radius 3 is 2.50 bits per heavy atom. The number of rotatable bonds is 5. The molecule has 7 atom stereocenters.